The minimum Gasteiger partial charge on any atom is -0.333 e. The van der Waals surface area contributed by atoms with Gasteiger partial charge in [-0.05, 0) is 55.2 Å². The molecule has 0 saturated heterocycles. The quantitative estimate of drug-likeness (QED) is 0.787. The summed E-state index contributed by atoms with van der Waals surface area (Å²) in [5.41, 5.74) is 2.65. The van der Waals surface area contributed by atoms with Crippen LogP contribution < -0.4 is 10.6 Å². The largest absolute Gasteiger partial charge is 0.333 e. The van der Waals surface area contributed by atoms with Gasteiger partial charge in [-0.3, -0.25) is 4.79 Å². The number of quaternary nitrogens is 1. The first kappa shape index (κ1) is 19.1. The third kappa shape index (κ3) is 5.36. The van der Waals surface area contributed by atoms with Gasteiger partial charge in [0, 0.05) is 11.3 Å². The van der Waals surface area contributed by atoms with E-state index in [1.54, 1.807) is 5.32 Å². The van der Waals surface area contributed by atoms with Crippen LogP contribution >= 0.6 is 0 Å². The highest BCUT2D eigenvalue weighted by molar-refractivity contribution is 5.91. The van der Waals surface area contributed by atoms with Gasteiger partial charge in [0.15, 0.2) is 18.2 Å². The summed E-state index contributed by atoms with van der Waals surface area (Å²) in [7, 11) is 0. The van der Waals surface area contributed by atoms with Crippen molar-refractivity contribution >= 4 is 11.6 Å². The molecule has 0 unspecified atom stereocenters. The molecule has 0 spiro atoms. The predicted molar refractivity (Wildman–Crippen MR) is 95.3 cm³/mol. The van der Waals surface area contributed by atoms with Crippen molar-refractivity contribution < 1.29 is 18.9 Å². The monoisotopic (exact) mass is 347 g/mol. The Morgan fingerprint density at radius 2 is 1.68 bits per heavy atom. The van der Waals surface area contributed by atoms with Gasteiger partial charge in [0.1, 0.15) is 6.04 Å². The second-order valence-electron chi connectivity index (χ2n) is 6.38. The fraction of sp³-hybridized carbons (Fsp3) is 0.350. The van der Waals surface area contributed by atoms with Gasteiger partial charge in [-0.2, -0.15) is 0 Å². The van der Waals surface area contributed by atoms with Crippen molar-refractivity contribution in [2.24, 2.45) is 0 Å². The zero-order valence-electron chi connectivity index (χ0n) is 14.9. The molecule has 5 heteroatoms. The van der Waals surface area contributed by atoms with Crippen LogP contribution in [-0.4, -0.2) is 12.5 Å². The van der Waals surface area contributed by atoms with Crippen LogP contribution in [0.1, 0.15) is 50.3 Å². The number of nitrogens with two attached hydrogens (primary N) is 1. The summed E-state index contributed by atoms with van der Waals surface area (Å²) in [5.74, 6) is -1.38. The van der Waals surface area contributed by atoms with Crippen molar-refractivity contribution in [2.75, 3.05) is 11.9 Å². The smallest absolute Gasteiger partial charge is 0.279 e. The van der Waals surface area contributed by atoms with E-state index in [1.807, 2.05) is 31.2 Å². The van der Waals surface area contributed by atoms with Crippen molar-refractivity contribution in [3.63, 3.8) is 0 Å². The van der Waals surface area contributed by atoms with E-state index in [1.165, 1.54) is 17.7 Å². The van der Waals surface area contributed by atoms with Gasteiger partial charge in [-0.25, -0.2) is 8.78 Å². The number of benzene rings is 2. The third-order valence-corrected chi connectivity index (χ3v) is 4.50. The van der Waals surface area contributed by atoms with Crippen LogP contribution in [0.3, 0.4) is 0 Å². The van der Waals surface area contributed by atoms with E-state index in [-0.39, 0.29) is 18.5 Å². The van der Waals surface area contributed by atoms with E-state index in [0.717, 1.165) is 18.2 Å². The SMILES string of the molecule is CC[C@@H](C)c1ccc(NC(=O)C[NH2+][C@H](C)c2ccc(F)c(F)c2)cc1. The van der Waals surface area contributed by atoms with Crippen molar-refractivity contribution in [2.45, 2.75) is 39.2 Å². The van der Waals surface area contributed by atoms with Gasteiger partial charge in [0.25, 0.3) is 5.91 Å². The third-order valence-electron chi connectivity index (χ3n) is 4.50. The van der Waals surface area contributed by atoms with Crippen LogP contribution in [0.4, 0.5) is 14.5 Å². The lowest BCUT2D eigenvalue weighted by Gasteiger charge is -2.12. The van der Waals surface area contributed by atoms with Gasteiger partial charge in [-0.15, -0.1) is 0 Å². The van der Waals surface area contributed by atoms with Gasteiger partial charge in [0.05, 0.1) is 0 Å². The fourth-order valence-corrected chi connectivity index (χ4v) is 2.56. The molecule has 25 heavy (non-hydrogen) atoms. The number of nitrogens with one attached hydrogen (secondary N) is 1. The number of rotatable bonds is 7. The van der Waals surface area contributed by atoms with Crippen LogP contribution in [0.2, 0.25) is 0 Å². The summed E-state index contributed by atoms with van der Waals surface area (Å²) in [6.07, 6.45) is 1.07. The zero-order valence-corrected chi connectivity index (χ0v) is 14.9. The normalized spacial score (nSPS) is 13.3. The lowest BCUT2D eigenvalue weighted by molar-refractivity contribution is -0.682. The lowest BCUT2D eigenvalue weighted by Crippen LogP contribution is -2.86. The van der Waals surface area contributed by atoms with Crippen LogP contribution in [0.5, 0.6) is 0 Å². The number of carbonyl (C=O) groups excluding carboxylic acids is 1. The summed E-state index contributed by atoms with van der Waals surface area (Å²) >= 11 is 0. The van der Waals surface area contributed by atoms with E-state index in [4.69, 9.17) is 0 Å². The molecule has 0 radical (unpaired) electrons. The second-order valence-corrected chi connectivity index (χ2v) is 6.38. The first-order chi connectivity index (χ1) is 11.9. The molecular weight excluding hydrogens is 322 g/mol. The minimum atomic E-state index is -0.872. The molecule has 0 aliphatic heterocycles. The molecule has 0 heterocycles. The molecule has 0 aliphatic carbocycles. The lowest BCUT2D eigenvalue weighted by atomic mass is 9.99. The maximum absolute atomic E-state index is 13.3. The molecule has 2 rings (SSSR count). The molecule has 0 saturated carbocycles. The first-order valence-corrected chi connectivity index (χ1v) is 8.58. The Labute approximate surface area is 147 Å². The summed E-state index contributed by atoms with van der Waals surface area (Å²) in [4.78, 5) is 12.1. The molecule has 2 aromatic rings. The predicted octanol–water partition coefficient (Wildman–Crippen LogP) is 3.74. The van der Waals surface area contributed by atoms with Crippen LogP contribution in [0.15, 0.2) is 42.5 Å². The molecule has 3 N–H and O–H groups in total. The number of amides is 1. The van der Waals surface area contributed by atoms with Crippen LogP contribution in [0.25, 0.3) is 0 Å². The Kier molecular flexibility index (Phi) is 6.65. The van der Waals surface area contributed by atoms with E-state index >= 15 is 0 Å². The van der Waals surface area contributed by atoms with Crippen molar-refractivity contribution in [1.82, 2.24) is 0 Å². The Bertz CT molecular complexity index is 716. The fourth-order valence-electron chi connectivity index (χ4n) is 2.56. The zero-order chi connectivity index (χ0) is 18.4. The summed E-state index contributed by atoms with van der Waals surface area (Å²) < 4.78 is 26.2. The summed E-state index contributed by atoms with van der Waals surface area (Å²) in [6, 6.07) is 11.5. The van der Waals surface area contributed by atoms with Gasteiger partial charge >= 0.3 is 0 Å². The maximum Gasteiger partial charge on any atom is 0.279 e. The van der Waals surface area contributed by atoms with E-state index in [2.05, 4.69) is 19.2 Å². The minimum absolute atomic E-state index is 0.134. The molecule has 0 bridgehead atoms. The Balaban J connectivity index is 1.86. The van der Waals surface area contributed by atoms with E-state index in [0.29, 0.717) is 11.5 Å². The molecule has 0 fully saturated rings. The summed E-state index contributed by atoms with van der Waals surface area (Å²) in [5, 5.41) is 4.64. The molecule has 134 valence electrons. The topological polar surface area (TPSA) is 45.7 Å². The standard InChI is InChI=1S/C20H24F2N2O/c1-4-13(2)15-5-8-17(9-6-15)24-20(25)12-23-14(3)16-7-10-18(21)19(22)11-16/h5-11,13-14,23H,4,12H2,1-3H3,(H,24,25)/p+1/t13-,14-/m1/s1. The highest BCUT2D eigenvalue weighted by Crippen LogP contribution is 2.20. The molecule has 2 aromatic carbocycles. The second kappa shape index (κ2) is 8.72. The number of anilines is 1. The highest BCUT2D eigenvalue weighted by atomic mass is 19.2. The molecule has 0 aromatic heterocycles. The summed E-state index contributed by atoms with van der Waals surface area (Å²) in [6.45, 7) is 6.36. The first-order valence-electron chi connectivity index (χ1n) is 8.58. The maximum atomic E-state index is 13.3. The van der Waals surface area contributed by atoms with Crippen molar-refractivity contribution in [1.29, 1.82) is 0 Å². The number of hydrogen-bond acceptors (Lipinski definition) is 1. The Morgan fingerprint density at radius 3 is 2.28 bits per heavy atom. The number of halogens is 2. The van der Waals surface area contributed by atoms with Crippen LogP contribution in [-0.2, 0) is 4.79 Å². The Hall–Kier alpha value is -2.27. The van der Waals surface area contributed by atoms with E-state index < -0.39 is 11.6 Å². The Morgan fingerprint density at radius 1 is 1.04 bits per heavy atom. The molecule has 1 amide bonds. The highest BCUT2D eigenvalue weighted by Gasteiger charge is 2.14. The van der Waals surface area contributed by atoms with Crippen LogP contribution in [0, 0.1) is 11.6 Å². The van der Waals surface area contributed by atoms with E-state index in [9.17, 15) is 13.6 Å². The van der Waals surface area contributed by atoms with Gasteiger partial charge in [0.2, 0.25) is 0 Å². The average molecular weight is 347 g/mol. The van der Waals surface area contributed by atoms with Crippen molar-refractivity contribution in [3.8, 4) is 0 Å². The number of carbonyl (C=O) groups is 1. The molecule has 2 atom stereocenters. The molecule has 0 aliphatic rings. The van der Waals surface area contributed by atoms with Gasteiger partial charge in [-0.1, -0.05) is 26.0 Å². The van der Waals surface area contributed by atoms with Crippen molar-refractivity contribution in [3.05, 3.63) is 65.2 Å². The molecular formula is C20H25F2N2O+. The van der Waals surface area contributed by atoms with Gasteiger partial charge < -0.3 is 10.6 Å². The molecule has 3 nitrogen and oxygen atoms in total. The number of hydrogen-bond donors (Lipinski definition) is 2. The average Bonchev–Trinajstić information content (AvgIpc) is 2.62.